The van der Waals surface area contributed by atoms with Crippen molar-refractivity contribution in [2.75, 3.05) is 18.6 Å². The maximum absolute atomic E-state index is 12.8. The molecule has 0 saturated heterocycles. The number of carbonyl (C=O) groups excluding carboxylic acids is 2. The number of aryl methyl sites for hydroxylation is 1. The van der Waals surface area contributed by atoms with Crippen molar-refractivity contribution in [3.05, 3.63) is 59.2 Å². The molecule has 0 saturated carbocycles. The number of rotatable bonds is 4. The highest BCUT2D eigenvalue weighted by atomic mass is 16.7. The normalized spacial score (nSPS) is 13.9. The molecule has 1 heterocycles. The number of hydrogen-bond acceptors (Lipinski definition) is 5. The Hall–Kier alpha value is -2.86. The van der Waals surface area contributed by atoms with E-state index >= 15 is 0 Å². The zero-order chi connectivity index (χ0) is 18.7. The van der Waals surface area contributed by atoms with Crippen LogP contribution in [0.1, 0.15) is 16.7 Å². The van der Waals surface area contributed by atoms with Crippen molar-refractivity contribution in [1.29, 1.82) is 0 Å². The second-order valence-corrected chi connectivity index (χ2v) is 6.32. The third kappa shape index (κ3) is 3.70. The van der Waals surface area contributed by atoms with Gasteiger partial charge in [0.1, 0.15) is 5.75 Å². The first-order valence-electron chi connectivity index (χ1n) is 8.50. The van der Waals surface area contributed by atoms with Crippen LogP contribution in [0.25, 0.3) is 0 Å². The van der Waals surface area contributed by atoms with E-state index < -0.39 is 12.2 Å². The number of fused-ring (bicyclic) bond motifs is 1. The van der Waals surface area contributed by atoms with Gasteiger partial charge in [-0.3, -0.25) is 4.79 Å². The number of methoxy groups -OCH3 is 1. The van der Waals surface area contributed by atoms with E-state index in [9.17, 15) is 9.59 Å². The van der Waals surface area contributed by atoms with E-state index in [1.165, 1.54) is 12.7 Å². The molecule has 0 aromatic heterocycles. The molecule has 2 aromatic rings. The molecule has 0 spiro atoms. The zero-order valence-corrected chi connectivity index (χ0v) is 14.9. The Morgan fingerprint density at radius 2 is 2.00 bits per heavy atom. The Bertz CT molecular complexity index is 834. The summed E-state index contributed by atoms with van der Waals surface area (Å²) in [6, 6.07) is 12.5. The van der Waals surface area contributed by atoms with Crippen molar-refractivity contribution in [3.63, 3.8) is 0 Å². The highest BCUT2D eigenvalue weighted by Crippen LogP contribution is 2.28. The van der Waals surface area contributed by atoms with E-state index in [0.717, 1.165) is 23.2 Å². The van der Waals surface area contributed by atoms with Gasteiger partial charge in [-0.25, -0.2) is 4.79 Å². The quantitative estimate of drug-likeness (QED) is 0.674. The number of ether oxygens (including phenoxy) is 2. The SMILES string of the molecule is COC(=O)Oc1ccc(CC(N)C(=O)N2CCc3ccccc32)c(C)c1. The number of anilines is 1. The minimum Gasteiger partial charge on any atom is -0.437 e. The molecule has 26 heavy (non-hydrogen) atoms. The van der Waals surface area contributed by atoms with E-state index in [4.69, 9.17) is 10.5 Å². The minimum atomic E-state index is -0.767. The molecule has 6 heteroatoms. The van der Waals surface area contributed by atoms with E-state index in [1.807, 2.05) is 37.3 Å². The average Bonchev–Trinajstić information content (AvgIpc) is 3.07. The van der Waals surface area contributed by atoms with Crippen molar-refractivity contribution in [3.8, 4) is 5.75 Å². The van der Waals surface area contributed by atoms with Crippen LogP contribution in [-0.2, 0) is 22.4 Å². The van der Waals surface area contributed by atoms with E-state index in [1.54, 1.807) is 17.0 Å². The standard InChI is InChI=1S/C20H22N2O4/c1-13-11-16(26-20(24)25-2)8-7-15(13)12-17(21)19(23)22-10-9-14-5-3-4-6-18(14)22/h3-8,11,17H,9-10,12,21H2,1-2H3. The number of benzene rings is 2. The molecule has 1 unspecified atom stereocenters. The second-order valence-electron chi connectivity index (χ2n) is 6.32. The molecule has 1 aliphatic heterocycles. The summed E-state index contributed by atoms with van der Waals surface area (Å²) < 4.78 is 9.48. The van der Waals surface area contributed by atoms with Crippen LogP contribution in [-0.4, -0.2) is 31.8 Å². The topological polar surface area (TPSA) is 81.9 Å². The van der Waals surface area contributed by atoms with Gasteiger partial charge in [-0.15, -0.1) is 0 Å². The first-order valence-corrected chi connectivity index (χ1v) is 8.50. The fraction of sp³-hybridized carbons (Fsp3) is 0.300. The van der Waals surface area contributed by atoms with Crippen LogP contribution in [0.3, 0.4) is 0 Å². The molecule has 0 fully saturated rings. The molecule has 0 bridgehead atoms. The summed E-state index contributed by atoms with van der Waals surface area (Å²) in [5.41, 5.74) is 10.2. The zero-order valence-electron chi connectivity index (χ0n) is 14.9. The summed E-state index contributed by atoms with van der Waals surface area (Å²) in [5, 5.41) is 0. The number of nitrogens with two attached hydrogens (primary N) is 1. The molecule has 136 valence electrons. The highest BCUT2D eigenvalue weighted by Gasteiger charge is 2.28. The Morgan fingerprint density at radius 1 is 1.23 bits per heavy atom. The van der Waals surface area contributed by atoms with Crippen LogP contribution in [0.15, 0.2) is 42.5 Å². The fourth-order valence-corrected chi connectivity index (χ4v) is 3.19. The minimum absolute atomic E-state index is 0.0794. The van der Waals surface area contributed by atoms with Crippen molar-refractivity contribution in [2.45, 2.75) is 25.8 Å². The first-order chi connectivity index (χ1) is 12.5. The largest absolute Gasteiger partial charge is 0.513 e. The Kier molecular flexibility index (Phi) is 5.23. The van der Waals surface area contributed by atoms with Crippen molar-refractivity contribution >= 4 is 17.7 Å². The lowest BCUT2D eigenvalue weighted by atomic mass is 10.0. The van der Waals surface area contributed by atoms with Crippen LogP contribution in [0, 0.1) is 6.92 Å². The van der Waals surface area contributed by atoms with Gasteiger partial charge >= 0.3 is 6.16 Å². The van der Waals surface area contributed by atoms with Crippen LogP contribution >= 0.6 is 0 Å². The fourth-order valence-electron chi connectivity index (χ4n) is 3.19. The summed E-state index contributed by atoms with van der Waals surface area (Å²) in [5.74, 6) is 0.315. The number of amides is 1. The lowest BCUT2D eigenvalue weighted by Gasteiger charge is -2.22. The Balaban J connectivity index is 1.69. The predicted molar refractivity (Wildman–Crippen MR) is 98.4 cm³/mol. The first kappa shape index (κ1) is 17.9. The van der Waals surface area contributed by atoms with Gasteiger partial charge in [0.25, 0.3) is 0 Å². The lowest BCUT2D eigenvalue weighted by molar-refractivity contribution is -0.119. The Morgan fingerprint density at radius 3 is 2.73 bits per heavy atom. The van der Waals surface area contributed by atoms with Gasteiger partial charge in [0, 0.05) is 12.2 Å². The predicted octanol–water partition coefficient (Wildman–Crippen LogP) is 2.60. The molecule has 6 nitrogen and oxygen atoms in total. The molecule has 1 amide bonds. The van der Waals surface area contributed by atoms with Crippen LogP contribution < -0.4 is 15.4 Å². The molecule has 0 radical (unpaired) electrons. The van der Waals surface area contributed by atoms with E-state index in [0.29, 0.717) is 18.7 Å². The molecule has 2 N–H and O–H groups in total. The molecule has 2 aromatic carbocycles. The van der Waals surface area contributed by atoms with Gasteiger partial charge in [-0.1, -0.05) is 24.3 Å². The van der Waals surface area contributed by atoms with Gasteiger partial charge in [-0.2, -0.15) is 0 Å². The summed E-state index contributed by atoms with van der Waals surface area (Å²) in [7, 11) is 1.25. The molecule has 1 aliphatic rings. The molecular weight excluding hydrogens is 332 g/mol. The smallest absolute Gasteiger partial charge is 0.437 e. The summed E-state index contributed by atoms with van der Waals surface area (Å²) in [6.07, 6.45) is 0.506. The van der Waals surface area contributed by atoms with Crippen molar-refractivity contribution in [1.82, 2.24) is 0 Å². The molecule has 3 rings (SSSR count). The number of hydrogen-bond donors (Lipinski definition) is 1. The van der Waals surface area contributed by atoms with Gasteiger partial charge in [0.05, 0.1) is 13.2 Å². The van der Waals surface area contributed by atoms with Crippen LogP contribution in [0.5, 0.6) is 5.75 Å². The van der Waals surface area contributed by atoms with E-state index in [2.05, 4.69) is 4.74 Å². The summed E-state index contributed by atoms with van der Waals surface area (Å²) in [6.45, 7) is 2.55. The van der Waals surface area contributed by atoms with Crippen LogP contribution in [0.2, 0.25) is 0 Å². The third-order valence-electron chi connectivity index (χ3n) is 4.59. The van der Waals surface area contributed by atoms with Gasteiger partial charge in [-0.05, 0) is 54.7 Å². The Labute approximate surface area is 152 Å². The maximum atomic E-state index is 12.8. The van der Waals surface area contributed by atoms with Gasteiger partial charge in [0.15, 0.2) is 0 Å². The molecular formula is C20H22N2O4. The van der Waals surface area contributed by atoms with Gasteiger partial charge < -0.3 is 20.1 Å². The maximum Gasteiger partial charge on any atom is 0.513 e. The van der Waals surface area contributed by atoms with E-state index in [-0.39, 0.29) is 5.91 Å². The van der Waals surface area contributed by atoms with Crippen molar-refractivity contribution in [2.24, 2.45) is 5.73 Å². The number of para-hydroxylation sites is 1. The average molecular weight is 354 g/mol. The summed E-state index contributed by atoms with van der Waals surface area (Å²) in [4.78, 5) is 25.7. The number of nitrogens with zero attached hydrogens (tertiary/aromatic N) is 1. The summed E-state index contributed by atoms with van der Waals surface area (Å²) >= 11 is 0. The third-order valence-corrected chi connectivity index (χ3v) is 4.59. The van der Waals surface area contributed by atoms with Crippen molar-refractivity contribution < 1.29 is 19.1 Å². The monoisotopic (exact) mass is 354 g/mol. The molecule has 0 aliphatic carbocycles. The second kappa shape index (κ2) is 7.58. The lowest BCUT2D eigenvalue weighted by Crippen LogP contribution is -2.44. The van der Waals surface area contributed by atoms with Crippen LogP contribution in [0.4, 0.5) is 10.5 Å². The van der Waals surface area contributed by atoms with Gasteiger partial charge in [0.2, 0.25) is 5.91 Å². The highest BCUT2D eigenvalue weighted by molar-refractivity contribution is 5.99. The number of carbonyl (C=O) groups is 2. The molecule has 1 atom stereocenters.